The molecular formula is C15H28N2O3. The molecule has 20 heavy (non-hydrogen) atoms. The van der Waals surface area contributed by atoms with Crippen molar-refractivity contribution >= 4 is 12.0 Å². The third kappa shape index (κ3) is 3.44. The van der Waals surface area contributed by atoms with Crippen LogP contribution in [0.1, 0.15) is 53.9 Å². The number of piperidine rings is 1. The molecule has 1 saturated heterocycles. The fourth-order valence-electron chi connectivity index (χ4n) is 2.27. The molecule has 1 atom stereocenters. The van der Waals surface area contributed by atoms with Gasteiger partial charge in [-0.1, -0.05) is 27.7 Å². The molecule has 0 spiro atoms. The van der Waals surface area contributed by atoms with Crippen LogP contribution in [0.15, 0.2) is 0 Å². The van der Waals surface area contributed by atoms with E-state index >= 15 is 0 Å². The normalized spacial score (nSPS) is 23.8. The van der Waals surface area contributed by atoms with Crippen LogP contribution in [0.25, 0.3) is 0 Å². The smallest absolute Gasteiger partial charge is 0.329 e. The van der Waals surface area contributed by atoms with Gasteiger partial charge in [0.05, 0.1) is 0 Å². The van der Waals surface area contributed by atoms with Crippen molar-refractivity contribution in [1.82, 2.24) is 10.2 Å². The van der Waals surface area contributed by atoms with Crippen molar-refractivity contribution in [3.8, 4) is 0 Å². The fraction of sp³-hybridized carbons (Fsp3) is 0.867. The number of urea groups is 1. The molecule has 2 amide bonds. The molecule has 1 unspecified atom stereocenters. The summed E-state index contributed by atoms with van der Waals surface area (Å²) in [6.07, 6.45) is 2.23. The molecule has 0 aromatic heterocycles. The van der Waals surface area contributed by atoms with Crippen LogP contribution in [0.3, 0.4) is 0 Å². The quantitative estimate of drug-likeness (QED) is 0.834. The number of likely N-dealkylation sites (tertiary alicyclic amines) is 1. The number of amides is 2. The van der Waals surface area contributed by atoms with E-state index in [4.69, 9.17) is 0 Å². The van der Waals surface area contributed by atoms with Crippen molar-refractivity contribution in [2.75, 3.05) is 13.1 Å². The van der Waals surface area contributed by atoms with Crippen molar-refractivity contribution in [2.45, 2.75) is 59.4 Å². The third-order valence-electron chi connectivity index (χ3n) is 4.86. The summed E-state index contributed by atoms with van der Waals surface area (Å²) in [6, 6.07) is -0.261. The zero-order valence-electron chi connectivity index (χ0n) is 13.3. The van der Waals surface area contributed by atoms with Crippen molar-refractivity contribution in [3.05, 3.63) is 0 Å². The molecule has 1 heterocycles. The van der Waals surface area contributed by atoms with Crippen LogP contribution in [0.4, 0.5) is 4.79 Å². The second-order valence-corrected chi connectivity index (χ2v) is 6.99. The molecule has 1 rings (SSSR count). The van der Waals surface area contributed by atoms with E-state index in [0.717, 1.165) is 12.8 Å². The summed E-state index contributed by atoms with van der Waals surface area (Å²) < 4.78 is 0. The minimum Gasteiger partial charge on any atom is -0.480 e. The maximum atomic E-state index is 12.3. The predicted octanol–water partition coefficient (Wildman–Crippen LogP) is 2.71. The molecule has 0 saturated carbocycles. The van der Waals surface area contributed by atoms with E-state index in [0.29, 0.717) is 25.4 Å². The van der Waals surface area contributed by atoms with Crippen LogP contribution >= 0.6 is 0 Å². The number of rotatable bonds is 4. The standard InChI is InChI=1S/C15H28N2O3/c1-11(2)14(3,4)10-16-13(20)17-9-7-6-8-15(17,5)12(18)19/h11H,6-10H2,1-5H3,(H,16,20)(H,18,19). The Morgan fingerprint density at radius 3 is 2.45 bits per heavy atom. The average Bonchev–Trinajstić information content (AvgIpc) is 2.36. The van der Waals surface area contributed by atoms with Crippen LogP contribution in [-0.4, -0.2) is 40.6 Å². The largest absolute Gasteiger partial charge is 0.480 e. The lowest BCUT2D eigenvalue weighted by Crippen LogP contribution is -2.60. The lowest BCUT2D eigenvalue weighted by Gasteiger charge is -2.42. The molecule has 116 valence electrons. The highest BCUT2D eigenvalue weighted by atomic mass is 16.4. The molecule has 5 nitrogen and oxygen atoms in total. The number of carboxylic acids is 1. The van der Waals surface area contributed by atoms with E-state index in [-0.39, 0.29) is 11.4 Å². The second kappa shape index (κ2) is 6.02. The first-order valence-corrected chi connectivity index (χ1v) is 7.40. The molecule has 1 aliphatic rings. The Labute approximate surface area is 121 Å². The molecular weight excluding hydrogens is 256 g/mol. The van der Waals surface area contributed by atoms with E-state index in [2.05, 4.69) is 33.0 Å². The van der Waals surface area contributed by atoms with Crippen LogP contribution in [0, 0.1) is 11.3 Å². The van der Waals surface area contributed by atoms with Gasteiger partial charge in [0.15, 0.2) is 0 Å². The first-order chi connectivity index (χ1) is 9.11. The molecule has 0 aliphatic carbocycles. The predicted molar refractivity (Wildman–Crippen MR) is 78.6 cm³/mol. The molecule has 0 aromatic carbocycles. The lowest BCUT2D eigenvalue weighted by molar-refractivity contribution is -0.150. The summed E-state index contributed by atoms with van der Waals surface area (Å²) >= 11 is 0. The van der Waals surface area contributed by atoms with Crippen LogP contribution in [-0.2, 0) is 4.79 Å². The lowest BCUT2D eigenvalue weighted by atomic mass is 9.81. The fourth-order valence-corrected chi connectivity index (χ4v) is 2.27. The molecule has 1 aliphatic heterocycles. The Morgan fingerprint density at radius 2 is 1.95 bits per heavy atom. The summed E-state index contributed by atoms with van der Waals surface area (Å²) in [5, 5.41) is 12.3. The van der Waals surface area contributed by atoms with Crippen molar-refractivity contribution in [3.63, 3.8) is 0 Å². The summed E-state index contributed by atoms with van der Waals surface area (Å²) in [5.74, 6) is -0.481. The highest BCUT2D eigenvalue weighted by Gasteiger charge is 2.44. The van der Waals surface area contributed by atoms with E-state index < -0.39 is 11.5 Å². The molecule has 0 bridgehead atoms. The van der Waals surface area contributed by atoms with Gasteiger partial charge in [0.2, 0.25) is 0 Å². The van der Waals surface area contributed by atoms with Crippen molar-refractivity contribution in [1.29, 1.82) is 0 Å². The SMILES string of the molecule is CC(C)C(C)(C)CNC(=O)N1CCCCC1(C)C(=O)O. The number of nitrogens with zero attached hydrogens (tertiary/aromatic N) is 1. The van der Waals surface area contributed by atoms with Gasteiger partial charge in [-0.2, -0.15) is 0 Å². The van der Waals surface area contributed by atoms with Gasteiger partial charge in [0.1, 0.15) is 5.54 Å². The number of carbonyl (C=O) groups is 2. The summed E-state index contributed by atoms with van der Waals surface area (Å²) in [7, 11) is 0. The van der Waals surface area contributed by atoms with Crippen LogP contribution < -0.4 is 5.32 Å². The minimum atomic E-state index is -1.08. The summed E-state index contributed by atoms with van der Waals surface area (Å²) in [4.78, 5) is 25.3. The Kier molecular flexibility index (Phi) is 5.05. The molecule has 2 N–H and O–H groups in total. The Hall–Kier alpha value is -1.26. The second-order valence-electron chi connectivity index (χ2n) is 6.99. The first-order valence-electron chi connectivity index (χ1n) is 7.40. The highest BCUT2D eigenvalue weighted by Crippen LogP contribution is 2.29. The molecule has 1 fully saturated rings. The zero-order valence-corrected chi connectivity index (χ0v) is 13.3. The van der Waals surface area contributed by atoms with Crippen molar-refractivity contribution in [2.24, 2.45) is 11.3 Å². The monoisotopic (exact) mass is 284 g/mol. The van der Waals surface area contributed by atoms with E-state index in [1.165, 1.54) is 4.90 Å². The number of carbonyl (C=O) groups excluding carboxylic acids is 1. The van der Waals surface area contributed by atoms with Gasteiger partial charge in [-0.25, -0.2) is 9.59 Å². The maximum Gasteiger partial charge on any atom is 0.329 e. The summed E-state index contributed by atoms with van der Waals surface area (Å²) in [5.41, 5.74) is -1.09. The van der Waals surface area contributed by atoms with Gasteiger partial charge in [-0.15, -0.1) is 0 Å². The topological polar surface area (TPSA) is 69.6 Å². The third-order valence-corrected chi connectivity index (χ3v) is 4.86. The van der Waals surface area contributed by atoms with E-state index in [1.54, 1.807) is 6.92 Å². The van der Waals surface area contributed by atoms with Gasteiger partial charge < -0.3 is 15.3 Å². The number of nitrogens with one attached hydrogen (secondary N) is 1. The Morgan fingerprint density at radius 1 is 1.35 bits per heavy atom. The zero-order chi connectivity index (χ0) is 15.6. The van der Waals surface area contributed by atoms with Crippen LogP contribution in [0.2, 0.25) is 0 Å². The molecule has 0 aromatic rings. The van der Waals surface area contributed by atoms with Gasteiger partial charge in [-0.05, 0) is 37.5 Å². The van der Waals surface area contributed by atoms with E-state index in [1.807, 2.05) is 0 Å². The first kappa shape index (κ1) is 16.8. The van der Waals surface area contributed by atoms with Gasteiger partial charge >= 0.3 is 12.0 Å². The molecule has 0 radical (unpaired) electrons. The summed E-state index contributed by atoms with van der Waals surface area (Å²) in [6.45, 7) is 11.1. The number of hydrogen-bond donors (Lipinski definition) is 2. The average molecular weight is 284 g/mol. The van der Waals surface area contributed by atoms with Gasteiger partial charge in [0.25, 0.3) is 0 Å². The number of aliphatic carboxylic acids is 1. The van der Waals surface area contributed by atoms with Crippen molar-refractivity contribution < 1.29 is 14.7 Å². The minimum absolute atomic E-state index is 0.00886. The van der Waals surface area contributed by atoms with Crippen LogP contribution in [0.5, 0.6) is 0 Å². The molecule has 5 heteroatoms. The highest BCUT2D eigenvalue weighted by molar-refractivity contribution is 5.86. The number of hydrogen-bond acceptors (Lipinski definition) is 2. The Balaban J connectivity index is 2.73. The maximum absolute atomic E-state index is 12.3. The Bertz CT molecular complexity index is 379. The van der Waals surface area contributed by atoms with Gasteiger partial charge in [-0.3, -0.25) is 0 Å². The van der Waals surface area contributed by atoms with Gasteiger partial charge in [0, 0.05) is 13.1 Å². The van der Waals surface area contributed by atoms with E-state index in [9.17, 15) is 14.7 Å². The number of carboxylic acid groups (broad SMARTS) is 1.